The first-order valence-electron chi connectivity index (χ1n) is 5.93. The smallest absolute Gasteiger partial charge is 0.255 e. The fraction of sp³-hybridized carbons (Fsp3) is 0.133. The third kappa shape index (κ3) is 3.22. The van der Waals surface area contributed by atoms with Crippen LogP contribution in [-0.4, -0.2) is 20.1 Å². The lowest BCUT2D eigenvalue weighted by molar-refractivity contribution is 0.102. The van der Waals surface area contributed by atoms with E-state index in [-0.39, 0.29) is 5.91 Å². The summed E-state index contributed by atoms with van der Waals surface area (Å²) in [5.41, 5.74) is 1.05. The van der Waals surface area contributed by atoms with Crippen molar-refractivity contribution in [3.05, 3.63) is 53.1 Å². The van der Waals surface area contributed by atoms with Crippen molar-refractivity contribution in [3.63, 3.8) is 0 Å². The van der Waals surface area contributed by atoms with Crippen molar-refractivity contribution >= 4 is 23.2 Å². The molecule has 4 nitrogen and oxygen atoms in total. The lowest BCUT2D eigenvalue weighted by atomic mass is 10.2. The van der Waals surface area contributed by atoms with Crippen molar-refractivity contribution in [2.45, 2.75) is 0 Å². The number of benzene rings is 2. The van der Waals surface area contributed by atoms with E-state index in [4.69, 9.17) is 21.1 Å². The van der Waals surface area contributed by atoms with Crippen LogP contribution in [0.3, 0.4) is 0 Å². The highest BCUT2D eigenvalue weighted by Crippen LogP contribution is 2.28. The Labute approximate surface area is 122 Å². The maximum Gasteiger partial charge on any atom is 0.255 e. The van der Waals surface area contributed by atoms with Crippen molar-refractivity contribution in [1.29, 1.82) is 0 Å². The van der Waals surface area contributed by atoms with E-state index >= 15 is 0 Å². The fourth-order valence-corrected chi connectivity index (χ4v) is 1.89. The predicted octanol–water partition coefficient (Wildman–Crippen LogP) is 3.61. The molecule has 0 aliphatic carbocycles. The number of amides is 1. The molecule has 5 heteroatoms. The number of methoxy groups -OCH3 is 2. The number of anilines is 1. The van der Waals surface area contributed by atoms with Gasteiger partial charge >= 0.3 is 0 Å². The molecule has 1 N–H and O–H groups in total. The predicted molar refractivity (Wildman–Crippen MR) is 79.0 cm³/mol. The fourth-order valence-electron chi connectivity index (χ4n) is 1.71. The van der Waals surface area contributed by atoms with Crippen LogP contribution in [-0.2, 0) is 0 Å². The Morgan fingerprint density at radius 1 is 1.05 bits per heavy atom. The molecule has 0 radical (unpaired) electrons. The van der Waals surface area contributed by atoms with Gasteiger partial charge < -0.3 is 14.8 Å². The maximum absolute atomic E-state index is 12.1. The largest absolute Gasteiger partial charge is 0.497 e. The average molecular weight is 292 g/mol. The molecule has 0 aliphatic heterocycles. The zero-order chi connectivity index (χ0) is 14.5. The number of hydrogen-bond donors (Lipinski definition) is 1. The van der Waals surface area contributed by atoms with E-state index in [1.807, 2.05) is 0 Å². The van der Waals surface area contributed by atoms with E-state index < -0.39 is 0 Å². The van der Waals surface area contributed by atoms with E-state index in [2.05, 4.69) is 5.32 Å². The van der Waals surface area contributed by atoms with Crippen LogP contribution in [0.1, 0.15) is 10.4 Å². The summed E-state index contributed by atoms with van der Waals surface area (Å²) in [6.45, 7) is 0. The third-order valence-electron chi connectivity index (χ3n) is 2.76. The lowest BCUT2D eigenvalue weighted by Crippen LogP contribution is -2.12. The lowest BCUT2D eigenvalue weighted by Gasteiger charge is -2.10. The summed E-state index contributed by atoms with van der Waals surface area (Å²) in [6, 6.07) is 11.9. The summed E-state index contributed by atoms with van der Waals surface area (Å²) in [7, 11) is 3.11. The first kappa shape index (κ1) is 14.2. The first-order chi connectivity index (χ1) is 9.63. The molecular formula is C15H14ClNO3. The monoisotopic (exact) mass is 291 g/mol. The van der Waals surface area contributed by atoms with Gasteiger partial charge in [-0.2, -0.15) is 0 Å². The van der Waals surface area contributed by atoms with E-state index in [0.29, 0.717) is 27.8 Å². The second kappa shape index (κ2) is 6.30. The molecule has 0 fully saturated rings. The summed E-state index contributed by atoms with van der Waals surface area (Å²) in [6.07, 6.45) is 0. The molecule has 0 saturated carbocycles. The third-order valence-corrected chi connectivity index (χ3v) is 3.00. The zero-order valence-electron chi connectivity index (χ0n) is 11.1. The second-order valence-corrected chi connectivity index (χ2v) is 4.46. The molecule has 0 aromatic heterocycles. The molecule has 2 rings (SSSR count). The van der Waals surface area contributed by atoms with Gasteiger partial charge in [-0.25, -0.2) is 0 Å². The van der Waals surface area contributed by atoms with Gasteiger partial charge in [-0.3, -0.25) is 4.79 Å². The Morgan fingerprint density at radius 2 is 1.75 bits per heavy atom. The Morgan fingerprint density at radius 3 is 2.35 bits per heavy atom. The number of nitrogens with one attached hydrogen (secondary N) is 1. The highest BCUT2D eigenvalue weighted by Gasteiger charge is 2.10. The molecule has 0 heterocycles. The van der Waals surface area contributed by atoms with Crippen LogP contribution in [0.2, 0.25) is 5.02 Å². The van der Waals surface area contributed by atoms with Crippen molar-refractivity contribution in [3.8, 4) is 11.5 Å². The molecule has 0 saturated heterocycles. The Balaban J connectivity index is 2.20. The van der Waals surface area contributed by atoms with Gasteiger partial charge in [-0.1, -0.05) is 11.6 Å². The van der Waals surface area contributed by atoms with Gasteiger partial charge in [0.05, 0.1) is 19.9 Å². The van der Waals surface area contributed by atoms with E-state index in [0.717, 1.165) is 0 Å². The molecule has 0 aliphatic rings. The SMILES string of the molecule is COc1ccc(C(=O)Nc2cc(Cl)ccc2OC)cc1. The Hall–Kier alpha value is -2.20. The van der Waals surface area contributed by atoms with Gasteiger partial charge in [0.1, 0.15) is 11.5 Å². The van der Waals surface area contributed by atoms with Crippen LogP contribution in [0.5, 0.6) is 11.5 Å². The molecule has 2 aromatic rings. The topological polar surface area (TPSA) is 47.6 Å². The summed E-state index contributed by atoms with van der Waals surface area (Å²) in [5, 5.41) is 3.29. The van der Waals surface area contributed by atoms with Gasteiger partial charge in [-0.05, 0) is 42.5 Å². The molecule has 1 amide bonds. The number of hydrogen-bond acceptors (Lipinski definition) is 3. The number of rotatable bonds is 4. The minimum Gasteiger partial charge on any atom is -0.497 e. The minimum absolute atomic E-state index is 0.242. The van der Waals surface area contributed by atoms with Crippen LogP contribution in [0.15, 0.2) is 42.5 Å². The molecular weight excluding hydrogens is 278 g/mol. The van der Waals surface area contributed by atoms with Crippen molar-refractivity contribution in [2.75, 3.05) is 19.5 Å². The van der Waals surface area contributed by atoms with Gasteiger partial charge in [0.2, 0.25) is 0 Å². The Bertz CT molecular complexity index is 611. The number of carbonyl (C=O) groups excluding carboxylic acids is 1. The standard InChI is InChI=1S/C15H14ClNO3/c1-19-12-6-3-10(4-7-12)15(18)17-13-9-11(16)5-8-14(13)20-2/h3-9H,1-2H3,(H,17,18). The van der Waals surface area contributed by atoms with Crippen LogP contribution < -0.4 is 14.8 Å². The van der Waals surface area contributed by atoms with E-state index in [1.165, 1.54) is 7.11 Å². The van der Waals surface area contributed by atoms with Crippen molar-refractivity contribution < 1.29 is 14.3 Å². The Kier molecular flexibility index (Phi) is 4.48. The number of carbonyl (C=O) groups is 1. The normalized spacial score (nSPS) is 9.95. The van der Waals surface area contributed by atoms with E-state index in [1.54, 1.807) is 49.6 Å². The molecule has 0 spiro atoms. The summed E-state index contributed by atoms with van der Waals surface area (Å²) in [4.78, 5) is 12.1. The summed E-state index contributed by atoms with van der Waals surface area (Å²) < 4.78 is 10.2. The highest BCUT2D eigenvalue weighted by molar-refractivity contribution is 6.31. The van der Waals surface area contributed by atoms with E-state index in [9.17, 15) is 4.79 Å². The van der Waals surface area contributed by atoms with Gasteiger partial charge in [-0.15, -0.1) is 0 Å². The van der Waals surface area contributed by atoms with Crippen molar-refractivity contribution in [1.82, 2.24) is 0 Å². The van der Waals surface area contributed by atoms with Crippen LogP contribution in [0.25, 0.3) is 0 Å². The van der Waals surface area contributed by atoms with Gasteiger partial charge in [0, 0.05) is 10.6 Å². The second-order valence-electron chi connectivity index (χ2n) is 4.03. The van der Waals surface area contributed by atoms with Gasteiger partial charge in [0.25, 0.3) is 5.91 Å². The first-order valence-corrected chi connectivity index (χ1v) is 6.31. The highest BCUT2D eigenvalue weighted by atomic mass is 35.5. The zero-order valence-corrected chi connectivity index (χ0v) is 11.9. The van der Waals surface area contributed by atoms with Crippen LogP contribution >= 0.6 is 11.6 Å². The number of halogens is 1. The quantitative estimate of drug-likeness (QED) is 0.936. The van der Waals surface area contributed by atoms with Crippen LogP contribution in [0.4, 0.5) is 5.69 Å². The molecule has 2 aromatic carbocycles. The summed E-state index contributed by atoms with van der Waals surface area (Å²) >= 11 is 5.92. The molecule has 104 valence electrons. The molecule has 0 unspecified atom stereocenters. The van der Waals surface area contributed by atoms with Crippen LogP contribution in [0, 0.1) is 0 Å². The summed E-state index contributed by atoms with van der Waals surface area (Å²) in [5.74, 6) is 1.01. The van der Waals surface area contributed by atoms with Gasteiger partial charge in [0.15, 0.2) is 0 Å². The minimum atomic E-state index is -0.242. The average Bonchev–Trinajstić information content (AvgIpc) is 2.47. The van der Waals surface area contributed by atoms with Crippen molar-refractivity contribution in [2.24, 2.45) is 0 Å². The maximum atomic E-state index is 12.1. The number of ether oxygens (including phenoxy) is 2. The molecule has 0 bridgehead atoms. The molecule has 20 heavy (non-hydrogen) atoms. The molecule has 0 atom stereocenters.